The molecule has 2 heterocycles. The first-order valence-corrected chi connectivity index (χ1v) is 12.1. The lowest BCUT2D eigenvalue weighted by atomic mass is 9.68. The number of methoxy groups -OCH3 is 1. The summed E-state index contributed by atoms with van der Waals surface area (Å²) >= 11 is 0. The molecule has 0 radical (unpaired) electrons. The molecule has 32 heavy (non-hydrogen) atoms. The molecule has 1 amide bonds. The minimum absolute atomic E-state index is 0.0500. The van der Waals surface area contributed by atoms with Crippen LogP contribution in [-0.4, -0.2) is 61.4 Å². The summed E-state index contributed by atoms with van der Waals surface area (Å²) in [7, 11) is 1.68. The van der Waals surface area contributed by atoms with Crippen molar-refractivity contribution in [2.75, 3.05) is 40.0 Å². The van der Waals surface area contributed by atoms with Crippen LogP contribution in [0.5, 0.6) is 5.75 Å². The third-order valence-electron chi connectivity index (χ3n) is 8.63. The van der Waals surface area contributed by atoms with Gasteiger partial charge >= 0.3 is 0 Å². The summed E-state index contributed by atoms with van der Waals surface area (Å²) in [6.07, 6.45) is 3.72. The molecule has 3 atom stereocenters. The highest BCUT2D eigenvalue weighted by molar-refractivity contribution is 5.99. The number of aromatic nitrogens is 1. The topological polar surface area (TPSA) is 55.7 Å². The summed E-state index contributed by atoms with van der Waals surface area (Å²) in [5.74, 6) is 1.57. The number of nitrogens with zero attached hydrogens (tertiary/aromatic N) is 2. The van der Waals surface area contributed by atoms with Gasteiger partial charge in [0.25, 0.3) is 5.91 Å². The Labute approximate surface area is 191 Å². The number of nitrogens with one attached hydrogen (secondary N) is 1. The molecule has 2 aliphatic carbocycles. The lowest BCUT2D eigenvalue weighted by Gasteiger charge is -2.43. The van der Waals surface area contributed by atoms with Crippen LogP contribution in [0.15, 0.2) is 24.3 Å². The van der Waals surface area contributed by atoms with Crippen LogP contribution in [0.25, 0.3) is 10.9 Å². The van der Waals surface area contributed by atoms with Crippen LogP contribution in [0.3, 0.4) is 0 Å². The molecule has 2 bridgehead atoms. The van der Waals surface area contributed by atoms with Crippen molar-refractivity contribution in [3.05, 3.63) is 30.0 Å². The first-order valence-electron chi connectivity index (χ1n) is 12.1. The maximum atomic E-state index is 13.7. The Balaban J connectivity index is 1.44. The predicted molar refractivity (Wildman–Crippen MR) is 126 cm³/mol. The molecule has 1 aromatic carbocycles. The third-order valence-corrected chi connectivity index (χ3v) is 8.63. The predicted octanol–water partition coefficient (Wildman–Crippen LogP) is 3.93. The second kappa shape index (κ2) is 8.07. The molecule has 5 rings (SSSR count). The molecule has 0 spiro atoms. The monoisotopic (exact) mass is 439 g/mol. The minimum atomic E-state index is 0.0500. The molecule has 1 aliphatic heterocycles. The molecule has 2 aromatic rings. The Hall–Kier alpha value is -2.05. The first kappa shape index (κ1) is 21.8. The number of morpholine rings is 1. The van der Waals surface area contributed by atoms with Gasteiger partial charge in [-0.1, -0.05) is 20.8 Å². The maximum Gasteiger partial charge on any atom is 0.268 e. The number of ether oxygens (including phenoxy) is 2. The average Bonchev–Trinajstić information content (AvgIpc) is 3.42. The number of carbonyl (C=O) groups is 1. The molecule has 174 valence electrons. The number of hydrogen-bond acceptors (Lipinski definition) is 4. The Morgan fingerprint density at radius 3 is 2.66 bits per heavy atom. The van der Waals surface area contributed by atoms with Gasteiger partial charge in [-0.25, -0.2) is 0 Å². The summed E-state index contributed by atoms with van der Waals surface area (Å²) in [5, 5.41) is 4.55. The lowest BCUT2D eigenvalue weighted by molar-refractivity contribution is 0.0363. The van der Waals surface area contributed by atoms with Crippen molar-refractivity contribution in [3.8, 4) is 5.75 Å². The zero-order chi connectivity index (χ0) is 22.5. The van der Waals surface area contributed by atoms with Crippen LogP contribution >= 0.6 is 0 Å². The van der Waals surface area contributed by atoms with E-state index in [1.807, 2.05) is 18.2 Å². The normalized spacial score (nSPS) is 29.5. The quantitative estimate of drug-likeness (QED) is 0.741. The molecule has 1 aromatic heterocycles. The van der Waals surface area contributed by atoms with E-state index in [0.29, 0.717) is 5.92 Å². The number of carbonyl (C=O) groups excluding carboxylic acids is 1. The van der Waals surface area contributed by atoms with Crippen molar-refractivity contribution < 1.29 is 14.3 Å². The highest BCUT2D eigenvalue weighted by Gasteiger charge is 2.59. The SMILES string of the molecule is COc1ccc2c(c1)cc(C(=O)NC1C(C)(C)C3CC[C@@]1(C)C3)n2CCN1CCOCC1. The maximum absolute atomic E-state index is 13.7. The molecule has 3 fully saturated rings. The fraction of sp³-hybridized carbons (Fsp3) is 0.654. The number of rotatable bonds is 6. The number of fused-ring (bicyclic) bond motifs is 3. The largest absolute Gasteiger partial charge is 0.497 e. The van der Waals surface area contributed by atoms with Gasteiger partial charge in [-0.3, -0.25) is 9.69 Å². The van der Waals surface area contributed by atoms with E-state index in [4.69, 9.17) is 9.47 Å². The van der Waals surface area contributed by atoms with Crippen LogP contribution in [-0.2, 0) is 11.3 Å². The average molecular weight is 440 g/mol. The van der Waals surface area contributed by atoms with E-state index in [2.05, 4.69) is 41.6 Å². The number of amides is 1. The van der Waals surface area contributed by atoms with Crippen molar-refractivity contribution in [2.45, 2.75) is 52.6 Å². The standard InChI is InChI=1S/C26H37N3O3/c1-25(2)19-7-8-26(3,17-19)24(25)27-23(30)22-16-18-15-20(31-4)5-6-21(18)29(22)10-9-28-11-13-32-14-12-28/h5-6,15-16,19,24H,7-14,17H2,1-4H3,(H,27,30)/t19?,24?,26-/m0/s1. The molecule has 3 aliphatic rings. The van der Waals surface area contributed by atoms with Gasteiger partial charge in [0.15, 0.2) is 0 Å². The van der Waals surface area contributed by atoms with Crippen molar-refractivity contribution in [2.24, 2.45) is 16.7 Å². The molecule has 6 heteroatoms. The fourth-order valence-electron chi connectivity index (χ4n) is 6.74. The fourth-order valence-corrected chi connectivity index (χ4v) is 6.74. The second-order valence-corrected chi connectivity index (χ2v) is 10.9. The molecule has 2 saturated carbocycles. The van der Waals surface area contributed by atoms with E-state index >= 15 is 0 Å². The Morgan fingerprint density at radius 2 is 1.97 bits per heavy atom. The molecule has 6 nitrogen and oxygen atoms in total. The van der Waals surface area contributed by atoms with E-state index in [9.17, 15) is 4.79 Å². The van der Waals surface area contributed by atoms with Gasteiger partial charge in [-0.15, -0.1) is 0 Å². The Morgan fingerprint density at radius 1 is 1.19 bits per heavy atom. The highest BCUT2D eigenvalue weighted by atomic mass is 16.5. The van der Waals surface area contributed by atoms with Crippen molar-refractivity contribution in [1.82, 2.24) is 14.8 Å². The van der Waals surface area contributed by atoms with Crippen LogP contribution < -0.4 is 10.1 Å². The highest BCUT2D eigenvalue weighted by Crippen LogP contribution is 2.62. The summed E-state index contributed by atoms with van der Waals surface area (Å²) in [5.41, 5.74) is 2.18. The van der Waals surface area contributed by atoms with Gasteiger partial charge in [0.05, 0.1) is 20.3 Å². The minimum Gasteiger partial charge on any atom is -0.497 e. The van der Waals surface area contributed by atoms with E-state index in [-0.39, 0.29) is 22.8 Å². The van der Waals surface area contributed by atoms with Crippen molar-refractivity contribution in [3.63, 3.8) is 0 Å². The second-order valence-electron chi connectivity index (χ2n) is 10.9. The molecule has 2 unspecified atom stereocenters. The van der Waals surface area contributed by atoms with E-state index in [1.54, 1.807) is 7.11 Å². The lowest BCUT2D eigenvalue weighted by Crippen LogP contribution is -2.52. The van der Waals surface area contributed by atoms with E-state index in [1.165, 1.54) is 19.3 Å². The Bertz CT molecular complexity index is 1000. The summed E-state index contributed by atoms with van der Waals surface area (Å²) < 4.78 is 13.1. The van der Waals surface area contributed by atoms with Gasteiger partial charge in [-0.2, -0.15) is 0 Å². The van der Waals surface area contributed by atoms with E-state index < -0.39 is 0 Å². The van der Waals surface area contributed by atoms with Crippen molar-refractivity contribution in [1.29, 1.82) is 0 Å². The number of hydrogen-bond donors (Lipinski definition) is 1. The van der Waals surface area contributed by atoms with Crippen LogP contribution in [0.1, 0.15) is 50.5 Å². The molecular formula is C26H37N3O3. The molecule has 1 N–H and O–H groups in total. The Kier molecular flexibility index (Phi) is 5.49. The van der Waals surface area contributed by atoms with Gasteiger partial charge in [0, 0.05) is 43.1 Å². The molecule has 1 saturated heterocycles. The summed E-state index contributed by atoms with van der Waals surface area (Å²) in [6.45, 7) is 12.2. The summed E-state index contributed by atoms with van der Waals surface area (Å²) in [6, 6.07) is 8.33. The number of benzene rings is 1. The zero-order valence-corrected chi connectivity index (χ0v) is 19.9. The van der Waals surface area contributed by atoms with Gasteiger partial charge < -0.3 is 19.4 Å². The third kappa shape index (κ3) is 3.61. The van der Waals surface area contributed by atoms with Crippen molar-refractivity contribution >= 4 is 16.8 Å². The van der Waals surface area contributed by atoms with Gasteiger partial charge in [0.1, 0.15) is 11.4 Å². The van der Waals surface area contributed by atoms with Gasteiger partial charge in [-0.05, 0) is 60.3 Å². The smallest absolute Gasteiger partial charge is 0.268 e. The molecular weight excluding hydrogens is 402 g/mol. The van der Waals surface area contributed by atoms with Crippen LogP contribution in [0.2, 0.25) is 0 Å². The first-order chi connectivity index (χ1) is 15.3. The van der Waals surface area contributed by atoms with Crippen LogP contribution in [0, 0.1) is 16.7 Å². The van der Waals surface area contributed by atoms with E-state index in [0.717, 1.165) is 61.7 Å². The summed E-state index contributed by atoms with van der Waals surface area (Å²) in [4.78, 5) is 16.1. The van der Waals surface area contributed by atoms with Crippen LogP contribution in [0.4, 0.5) is 0 Å². The van der Waals surface area contributed by atoms with Gasteiger partial charge in [0.2, 0.25) is 0 Å². The zero-order valence-electron chi connectivity index (χ0n) is 19.9.